The molecule has 1 N–H and O–H groups in total. The van der Waals surface area contributed by atoms with Gasteiger partial charge in [0.2, 0.25) is 0 Å². The van der Waals surface area contributed by atoms with Crippen molar-refractivity contribution in [1.29, 1.82) is 0 Å². The predicted molar refractivity (Wildman–Crippen MR) is 131 cm³/mol. The summed E-state index contributed by atoms with van der Waals surface area (Å²) in [5.41, 5.74) is 0.679. The van der Waals surface area contributed by atoms with Crippen LogP contribution in [0.15, 0.2) is 47.5 Å². The second-order valence-electron chi connectivity index (χ2n) is 7.48. The molecule has 3 rings (SSSR count). The van der Waals surface area contributed by atoms with Crippen LogP contribution in [0.3, 0.4) is 0 Å². The first-order chi connectivity index (χ1) is 14.8. The van der Waals surface area contributed by atoms with E-state index < -0.39 is 17.8 Å². The monoisotopic (exact) mass is 563 g/mol. The summed E-state index contributed by atoms with van der Waals surface area (Å²) >= 11 is 0. The lowest BCUT2D eigenvalue weighted by Gasteiger charge is -2.35. The zero-order valence-electron chi connectivity index (χ0n) is 18.4. The maximum absolute atomic E-state index is 13.1. The second-order valence-corrected chi connectivity index (χ2v) is 7.48. The van der Waals surface area contributed by atoms with Crippen molar-refractivity contribution in [1.82, 2.24) is 15.2 Å². The Morgan fingerprint density at radius 2 is 2.00 bits per heavy atom. The summed E-state index contributed by atoms with van der Waals surface area (Å²) in [5.74, 6) is 1.55. The van der Waals surface area contributed by atoms with Crippen molar-refractivity contribution in [3.63, 3.8) is 0 Å². The lowest BCUT2D eigenvalue weighted by atomic mass is 10.0. The average Bonchev–Trinajstić information content (AvgIpc) is 2.76. The lowest BCUT2D eigenvalue weighted by molar-refractivity contribution is -0.137. The van der Waals surface area contributed by atoms with Gasteiger partial charge in [-0.2, -0.15) is 13.2 Å². The summed E-state index contributed by atoms with van der Waals surface area (Å²) in [4.78, 5) is 13.2. The molecule has 1 fully saturated rings. The number of benzene rings is 1. The van der Waals surface area contributed by atoms with E-state index in [1.807, 2.05) is 49.0 Å². The largest absolute Gasteiger partial charge is 0.416 e. The number of nitrogens with zero attached hydrogens (tertiary/aromatic N) is 4. The molecule has 2 heterocycles. The van der Waals surface area contributed by atoms with E-state index in [1.54, 1.807) is 6.07 Å². The molecule has 1 aromatic heterocycles. The number of hydrogen-bond donors (Lipinski definition) is 1. The Balaban J connectivity index is 0.00000363. The van der Waals surface area contributed by atoms with Crippen molar-refractivity contribution in [2.45, 2.75) is 25.7 Å². The van der Waals surface area contributed by atoms with E-state index in [1.165, 1.54) is 6.07 Å². The second kappa shape index (κ2) is 11.7. The number of hydrogen-bond acceptors (Lipinski definition) is 4. The zero-order chi connectivity index (χ0) is 22.4. The standard InChI is InChI=1S/C22H28F3N5O.HI/c1-4-26-21(27-14-18-9-6-10-20(28-18)29(2)3)30-11-12-31-19(15-30)16-7-5-8-17(13-16)22(23,24)25;/h5-10,13,19H,4,11-12,14-15H2,1-3H3,(H,26,27);1H. The maximum atomic E-state index is 13.1. The van der Waals surface area contributed by atoms with Crippen molar-refractivity contribution in [2.24, 2.45) is 4.99 Å². The molecule has 6 nitrogen and oxygen atoms in total. The molecule has 1 aliphatic rings. The van der Waals surface area contributed by atoms with Gasteiger partial charge in [-0.05, 0) is 36.8 Å². The highest BCUT2D eigenvalue weighted by Gasteiger charge is 2.32. The summed E-state index contributed by atoms with van der Waals surface area (Å²) in [6, 6.07) is 11.1. The number of morpholine rings is 1. The molecule has 0 amide bonds. The van der Waals surface area contributed by atoms with Gasteiger partial charge in [-0.25, -0.2) is 9.98 Å². The zero-order valence-corrected chi connectivity index (χ0v) is 20.7. The van der Waals surface area contributed by atoms with Crippen LogP contribution in [0.25, 0.3) is 0 Å². The molecule has 0 saturated carbocycles. The van der Waals surface area contributed by atoms with Gasteiger partial charge in [0, 0.05) is 27.2 Å². The molecule has 1 unspecified atom stereocenters. The predicted octanol–water partition coefficient (Wildman–Crippen LogP) is 4.32. The van der Waals surface area contributed by atoms with Gasteiger partial charge < -0.3 is 19.9 Å². The highest BCUT2D eigenvalue weighted by molar-refractivity contribution is 14.0. The minimum atomic E-state index is -4.38. The Morgan fingerprint density at radius 1 is 1.25 bits per heavy atom. The summed E-state index contributed by atoms with van der Waals surface area (Å²) in [6.07, 6.45) is -4.84. The van der Waals surface area contributed by atoms with E-state index in [4.69, 9.17) is 9.73 Å². The Morgan fingerprint density at radius 3 is 2.69 bits per heavy atom. The molecular formula is C22H29F3IN5O. The Hall–Kier alpha value is -2.08. The van der Waals surface area contributed by atoms with Crippen LogP contribution in [-0.4, -0.2) is 56.2 Å². The molecule has 0 aliphatic carbocycles. The number of ether oxygens (including phenoxy) is 1. The quantitative estimate of drug-likeness (QED) is 0.334. The smallest absolute Gasteiger partial charge is 0.370 e. The van der Waals surface area contributed by atoms with Crippen LogP contribution in [0.5, 0.6) is 0 Å². The van der Waals surface area contributed by atoms with Crippen LogP contribution in [0.2, 0.25) is 0 Å². The fourth-order valence-electron chi connectivity index (χ4n) is 3.34. The highest BCUT2D eigenvalue weighted by atomic mass is 127. The first-order valence-corrected chi connectivity index (χ1v) is 10.2. The van der Waals surface area contributed by atoms with E-state index in [0.29, 0.717) is 44.3 Å². The molecule has 0 bridgehead atoms. The number of rotatable bonds is 5. The SMILES string of the molecule is CCNC(=NCc1cccc(N(C)C)n1)N1CCOC(c2cccc(C(F)(F)F)c2)C1.I. The molecule has 1 atom stereocenters. The van der Waals surface area contributed by atoms with Gasteiger partial charge in [0.15, 0.2) is 5.96 Å². The van der Waals surface area contributed by atoms with Gasteiger partial charge in [0.05, 0.1) is 31.0 Å². The normalized spacial score (nSPS) is 17.0. The number of pyridine rings is 1. The fourth-order valence-corrected chi connectivity index (χ4v) is 3.34. The number of aromatic nitrogens is 1. The van der Waals surface area contributed by atoms with Gasteiger partial charge in [0.25, 0.3) is 0 Å². The fraction of sp³-hybridized carbons (Fsp3) is 0.455. The van der Waals surface area contributed by atoms with Crippen molar-refractivity contribution < 1.29 is 17.9 Å². The number of guanidine groups is 1. The third-order valence-corrected chi connectivity index (χ3v) is 4.93. The summed E-state index contributed by atoms with van der Waals surface area (Å²) in [7, 11) is 3.86. The lowest BCUT2D eigenvalue weighted by Crippen LogP contribution is -2.48. The summed E-state index contributed by atoms with van der Waals surface area (Å²) in [6.45, 7) is 4.47. The average molecular weight is 563 g/mol. The van der Waals surface area contributed by atoms with E-state index in [-0.39, 0.29) is 24.0 Å². The van der Waals surface area contributed by atoms with Crippen LogP contribution in [0.1, 0.15) is 29.8 Å². The molecule has 2 aromatic rings. The van der Waals surface area contributed by atoms with Gasteiger partial charge >= 0.3 is 6.18 Å². The first-order valence-electron chi connectivity index (χ1n) is 10.2. The van der Waals surface area contributed by atoms with Crippen molar-refractivity contribution in [3.8, 4) is 0 Å². The molecule has 0 radical (unpaired) electrons. The van der Waals surface area contributed by atoms with E-state index >= 15 is 0 Å². The number of aliphatic imine (C=N–C) groups is 1. The van der Waals surface area contributed by atoms with Gasteiger partial charge in [0.1, 0.15) is 11.9 Å². The molecule has 0 spiro atoms. The molecule has 176 valence electrons. The van der Waals surface area contributed by atoms with E-state index in [0.717, 1.165) is 23.6 Å². The Labute approximate surface area is 203 Å². The third-order valence-electron chi connectivity index (χ3n) is 4.93. The highest BCUT2D eigenvalue weighted by Crippen LogP contribution is 2.32. The van der Waals surface area contributed by atoms with Crippen molar-refractivity contribution >= 4 is 35.8 Å². The van der Waals surface area contributed by atoms with Crippen LogP contribution >= 0.6 is 24.0 Å². The number of alkyl halides is 3. The maximum Gasteiger partial charge on any atom is 0.416 e. The number of nitrogens with one attached hydrogen (secondary N) is 1. The molecule has 32 heavy (non-hydrogen) atoms. The summed E-state index contributed by atoms with van der Waals surface area (Å²) < 4.78 is 45.1. The van der Waals surface area contributed by atoms with Crippen LogP contribution < -0.4 is 10.2 Å². The molecule has 1 saturated heterocycles. The Kier molecular flexibility index (Phi) is 9.56. The minimum absolute atomic E-state index is 0. The van der Waals surface area contributed by atoms with E-state index in [2.05, 4.69) is 10.3 Å². The van der Waals surface area contributed by atoms with E-state index in [9.17, 15) is 13.2 Å². The topological polar surface area (TPSA) is 53.0 Å². The molecule has 1 aromatic carbocycles. The van der Waals surface area contributed by atoms with Crippen molar-refractivity contribution in [3.05, 3.63) is 59.3 Å². The van der Waals surface area contributed by atoms with Crippen molar-refractivity contribution in [2.75, 3.05) is 45.2 Å². The van der Waals surface area contributed by atoms with Gasteiger partial charge in [-0.1, -0.05) is 18.2 Å². The van der Waals surface area contributed by atoms with Crippen LogP contribution in [0, 0.1) is 0 Å². The number of anilines is 1. The molecular weight excluding hydrogens is 534 g/mol. The molecule has 1 aliphatic heterocycles. The van der Waals surface area contributed by atoms with Gasteiger partial charge in [-0.15, -0.1) is 24.0 Å². The third kappa shape index (κ3) is 6.96. The summed E-state index contributed by atoms with van der Waals surface area (Å²) in [5, 5.41) is 3.27. The van der Waals surface area contributed by atoms with Crippen LogP contribution in [0.4, 0.5) is 19.0 Å². The Bertz CT molecular complexity index is 907. The first kappa shape index (κ1) is 26.2. The minimum Gasteiger partial charge on any atom is -0.370 e. The van der Waals surface area contributed by atoms with Gasteiger partial charge in [-0.3, -0.25) is 0 Å². The van der Waals surface area contributed by atoms with Crippen LogP contribution in [-0.2, 0) is 17.5 Å². The number of halogens is 4. The molecule has 10 heteroatoms.